The van der Waals surface area contributed by atoms with E-state index in [2.05, 4.69) is 15.5 Å². The summed E-state index contributed by atoms with van der Waals surface area (Å²) in [5, 5.41) is 6.30. The van der Waals surface area contributed by atoms with E-state index >= 15 is 0 Å². The molecule has 22 heavy (non-hydrogen) atoms. The zero-order valence-corrected chi connectivity index (χ0v) is 14.2. The average molecular weight is 311 g/mol. The monoisotopic (exact) mass is 311 g/mol. The third kappa shape index (κ3) is 5.21. The molecule has 0 aromatic rings. The van der Waals surface area contributed by atoms with Gasteiger partial charge < -0.3 is 15.4 Å². The first-order valence-corrected chi connectivity index (χ1v) is 8.98. The van der Waals surface area contributed by atoms with E-state index in [4.69, 9.17) is 4.74 Å². The number of methoxy groups -OCH3 is 1. The molecule has 2 N–H and O–H groups in total. The molecule has 0 aromatic carbocycles. The van der Waals surface area contributed by atoms with Crippen LogP contribution < -0.4 is 10.6 Å². The van der Waals surface area contributed by atoms with Gasteiger partial charge in [0, 0.05) is 25.7 Å². The van der Waals surface area contributed by atoms with E-state index < -0.39 is 0 Å². The molecule has 0 aromatic heterocycles. The van der Waals surface area contributed by atoms with Gasteiger partial charge in [0.25, 0.3) is 0 Å². The summed E-state index contributed by atoms with van der Waals surface area (Å²) in [5.74, 6) is 0.109. The van der Waals surface area contributed by atoms with Gasteiger partial charge in [0.05, 0.1) is 13.2 Å². The van der Waals surface area contributed by atoms with Crippen LogP contribution in [0, 0.1) is 0 Å². The minimum Gasteiger partial charge on any atom is -0.383 e. The fourth-order valence-corrected chi connectivity index (χ4v) is 3.88. The number of nitrogens with one attached hydrogen (secondary N) is 2. The van der Waals surface area contributed by atoms with Crippen LogP contribution in [0.25, 0.3) is 0 Å². The SMILES string of the molecule is COCCNCC(=O)NCC1(N2CCCCC2)CCCCC1. The van der Waals surface area contributed by atoms with Crippen molar-refractivity contribution in [1.29, 1.82) is 0 Å². The van der Waals surface area contributed by atoms with E-state index in [0.717, 1.165) is 13.1 Å². The number of carbonyl (C=O) groups excluding carboxylic acids is 1. The van der Waals surface area contributed by atoms with Crippen molar-refractivity contribution in [2.45, 2.75) is 56.9 Å². The predicted octanol–water partition coefficient (Wildman–Crippen LogP) is 1.53. The van der Waals surface area contributed by atoms with Gasteiger partial charge in [0.1, 0.15) is 0 Å². The highest BCUT2D eigenvalue weighted by molar-refractivity contribution is 5.78. The number of rotatable bonds is 8. The molecule has 1 amide bonds. The number of hydrogen-bond donors (Lipinski definition) is 2. The topological polar surface area (TPSA) is 53.6 Å². The molecule has 0 atom stereocenters. The van der Waals surface area contributed by atoms with Crippen LogP contribution in [0.2, 0.25) is 0 Å². The standard InChI is InChI=1S/C17H33N3O2/c1-22-13-10-18-14-16(21)19-15-17(8-4-2-5-9-17)20-11-6-3-7-12-20/h18H,2-15H2,1H3,(H,19,21). The molecular weight excluding hydrogens is 278 g/mol. The molecule has 2 rings (SSSR count). The Bertz CT molecular complexity index is 324. The summed E-state index contributed by atoms with van der Waals surface area (Å²) >= 11 is 0. The molecule has 128 valence electrons. The molecule has 2 fully saturated rings. The van der Waals surface area contributed by atoms with Crippen molar-refractivity contribution in [1.82, 2.24) is 15.5 Å². The number of hydrogen-bond acceptors (Lipinski definition) is 4. The fourth-order valence-electron chi connectivity index (χ4n) is 3.88. The van der Waals surface area contributed by atoms with Gasteiger partial charge >= 0.3 is 0 Å². The van der Waals surface area contributed by atoms with E-state index in [1.165, 1.54) is 64.5 Å². The van der Waals surface area contributed by atoms with Crippen LogP contribution in [-0.4, -0.2) is 62.8 Å². The van der Waals surface area contributed by atoms with Crippen molar-refractivity contribution < 1.29 is 9.53 Å². The van der Waals surface area contributed by atoms with Gasteiger partial charge in [-0.15, -0.1) is 0 Å². The Morgan fingerprint density at radius 3 is 2.45 bits per heavy atom. The molecule has 5 nitrogen and oxygen atoms in total. The van der Waals surface area contributed by atoms with Crippen LogP contribution in [-0.2, 0) is 9.53 Å². The molecular formula is C17H33N3O2. The Kier molecular flexibility index (Phi) is 7.63. The lowest BCUT2D eigenvalue weighted by Gasteiger charge is -2.48. The molecule has 1 saturated carbocycles. The van der Waals surface area contributed by atoms with Crippen LogP contribution in [0.15, 0.2) is 0 Å². The number of likely N-dealkylation sites (tertiary alicyclic amines) is 1. The summed E-state index contributed by atoms with van der Waals surface area (Å²) in [4.78, 5) is 14.7. The molecule has 0 radical (unpaired) electrons. The number of ether oxygens (including phenoxy) is 1. The Morgan fingerprint density at radius 2 is 1.77 bits per heavy atom. The van der Waals surface area contributed by atoms with Crippen LogP contribution in [0.4, 0.5) is 0 Å². The fraction of sp³-hybridized carbons (Fsp3) is 0.941. The minimum atomic E-state index is 0.109. The quantitative estimate of drug-likeness (QED) is 0.668. The van der Waals surface area contributed by atoms with Gasteiger partial charge in [-0.2, -0.15) is 0 Å². The van der Waals surface area contributed by atoms with Crippen LogP contribution in [0.3, 0.4) is 0 Å². The maximum Gasteiger partial charge on any atom is 0.234 e. The summed E-state index contributed by atoms with van der Waals surface area (Å²) in [5.41, 5.74) is 0.223. The minimum absolute atomic E-state index is 0.109. The largest absolute Gasteiger partial charge is 0.383 e. The second kappa shape index (κ2) is 9.48. The molecule has 2 aliphatic rings. The summed E-state index contributed by atoms with van der Waals surface area (Å²) in [7, 11) is 1.67. The van der Waals surface area contributed by atoms with Gasteiger partial charge in [-0.3, -0.25) is 9.69 Å². The third-order valence-corrected chi connectivity index (χ3v) is 5.19. The predicted molar refractivity (Wildman–Crippen MR) is 89.0 cm³/mol. The van der Waals surface area contributed by atoms with Gasteiger partial charge in [-0.05, 0) is 38.8 Å². The maximum atomic E-state index is 12.0. The van der Waals surface area contributed by atoms with Crippen molar-refractivity contribution in [3.8, 4) is 0 Å². The summed E-state index contributed by atoms with van der Waals surface area (Å²) < 4.78 is 4.97. The van der Waals surface area contributed by atoms with Crippen LogP contribution >= 0.6 is 0 Å². The van der Waals surface area contributed by atoms with Crippen molar-refractivity contribution in [3.05, 3.63) is 0 Å². The lowest BCUT2D eigenvalue weighted by Crippen LogP contribution is -2.58. The molecule has 0 spiro atoms. The Morgan fingerprint density at radius 1 is 1.09 bits per heavy atom. The van der Waals surface area contributed by atoms with Gasteiger partial charge in [0.15, 0.2) is 0 Å². The Hall–Kier alpha value is -0.650. The molecule has 5 heteroatoms. The lowest BCUT2D eigenvalue weighted by molar-refractivity contribution is -0.121. The first kappa shape index (κ1) is 17.7. The van der Waals surface area contributed by atoms with Gasteiger partial charge in [-0.25, -0.2) is 0 Å². The zero-order valence-electron chi connectivity index (χ0n) is 14.2. The number of piperidine rings is 1. The van der Waals surface area contributed by atoms with Crippen molar-refractivity contribution in [2.75, 3.05) is 46.4 Å². The zero-order chi connectivity index (χ0) is 15.7. The number of amides is 1. The van der Waals surface area contributed by atoms with Crippen LogP contribution in [0.5, 0.6) is 0 Å². The van der Waals surface area contributed by atoms with Gasteiger partial charge in [-0.1, -0.05) is 25.7 Å². The highest BCUT2D eigenvalue weighted by atomic mass is 16.5. The first-order chi connectivity index (χ1) is 10.8. The van der Waals surface area contributed by atoms with E-state index in [0.29, 0.717) is 13.2 Å². The summed E-state index contributed by atoms with van der Waals surface area (Å²) in [6.45, 7) is 4.99. The third-order valence-electron chi connectivity index (χ3n) is 5.19. The normalized spacial score (nSPS) is 22.4. The molecule has 1 heterocycles. The molecule has 0 bridgehead atoms. The maximum absolute atomic E-state index is 12.0. The van der Waals surface area contributed by atoms with E-state index in [1.54, 1.807) is 7.11 Å². The smallest absolute Gasteiger partial charge is 0.234 e. The van der Waals surface area contributed by atoms with Crippen molar-refractivity contribution in [2.24, 2.45) is 0 Å². The molecule has 0 unspecified atom stereocenters. The van der Waals surface area contributed by atoms with Crippen molar-refractivity contribution >= 4 is 5.91 Å². The number of carbonyl (C=O) groups is 1. The molecule has 1 aliphatic heterocycles. The summed E-state index contributed by atoms with van der Waals surface area (Å²) in [6.07, 6.45) is 10.4. The Labute approximate surface area is 135 Å². The average Bonchev–Trinajstić information content (AvgIpc) is 2.58. The first-order valence-electron chi connectivity index (χ1n) is 8.98. The number of nitrogens with zero attached hydrogens (tertiary/aromatic N) is 1. The second-order valence-electron chi connectivity index (χ2n) is 6.78. The summed E-state index contributed by atoms with van der Waals surface area (Å²) in [6, 6.07) is 0. The highest BCUT2D eigenvalue weighted by Crippen LogP contribution is 2.35. The lowest BCUT2D eigenvalue weighted by atomic mass is 9.79. The van der Waals surface area contributed by atoms with Crippen molar-refractivity contribution in [3.63, 3.8) is 0 Å². The second-order valence-corrected chi connectivity index (χ2v) is 6.78. The highest BCUT2D eigenvalue weighted by Gasteiger charge is 2.38. The molecule has 1 saturated heterocycles. The Balaban J connectivity index is 1.80. The molecule has 1 aliphatic carbocycles. The van der Waals surface area contributed by atoms with E-state index in [9.17, 15) is 4.79 Å². The van der Waals surface area contributed by atoms with E-state index in [1.807, 2.05) is 0 Å². The van der Waals surface area contributed by atoms with E-state index in [-0.39, 0.29) is 11.4 Å². The van der Waals surface area contributed by atoms with Gasteiger partial charge in [0.2, 0.25) is 5.91 Å². The van der Waals surface area contributed by atoms with Crippen LogP contribution in [0.1, 0.15) is 51.4 Å².